The van der Waals surface area contributed by atoms with Gasteiger partial charge in [-0.05, 0) is 34.9 Å². The van der Waals surface area contributed by atoms with Gasteiger partial charge >= 0.3 is 0 Å². The molecule has 21 heavy (non-hydrogen) atoms. The van der Waals surface area contributed by atoms with E-state index >= 15 is 0 Å². The Morgan fingerprint density at radius 3 is 1.33 bits per heavy atom. The number of hydrogen-bond donors (Lipinski definition) is 1. The molecule has 0 saturated heterocycles. The molecule has 3 aromatic rings. The zero-order valence-electron chi connectivity index (χ0n) is 11.4. The summed E-state index contributed by atoms with van der Waals surface area (Å²) in [6.07, 6.45) is 10.5. The van der Waals surface area contributed by atoms with E-state index in [0.717, 1.165) is 16.7 Å². The Bertz CT molecular complexity index is 590. The number of nitrogens with zero attached hydrogens (tertiary/aromatic N) is 3. The highest BCUT2D eigenvalue weighted by Crippen LogP contribution is 2.37. The fourth-order valence-electron chi connectivity index (χ4n) is 2.62. The van der Waals surface area contributed by atoms with Crippen LogP contribution in [0.4, 0.5) is 0 Å². The molecule has 0 bridgehead atoms. The molecule has 0 atom stereocenters. The van der Waals surface area contributed by atoms with Crippen LogP contribution in [-0.4, -0.2) is 26.7 Å². The molecule has 0 unspecified atom stereocenters. The minimum Gasteiger partial charge on any atom is -0.395 e. The number of aliphatic hydroxyl groups excluding tert-OH is 1. The summed E-state index contributed by atoms with van der Waals surface area (Å²) >= 11 is 0. The molecule has 3 rings (SSSR count). The van der Waals surface area contributed by atoms with E-state index < -0.39 is 5.41 Å². The van der Waals surface area contributed by atoms with Crippen molar-refractivity contribution in [2.45, 2.75) is 5.41 Å². The molecule has 4 heteroatoms. The fourth-order valence-corrected chi connectivity index (χ4v) is 2.62. The van der Waals surface area contributed by atoms with Gasteiger partial charge in [0.2, 0.25) is 0 Å². The van der Waals surface area contributed by atoms with E-state index in [2.05, 4.69) is 15.0 Å². The van der Waals surface area contributed by atoms with Crippen LogP contribution in [0.25, 0.3) is 0 Å². The first-order chi connectivity index (χ1) is 10.4. The smallest absolute Gasteiger partial charge is 0.0726 e. The third-order valence-corrected chi connectivity index (χ3v) is 3.70. The predicted molar refractivity (Wildman–Crippen MR) is 79.7 cm³/mol. The van der Waals surface area contributed by atoms with Crippen molar-refractivity contribution in [3.63, 3.8) is 0 Å². The number of pyridine rings is 3. The van der Waals surface area contributed by atoms with Crippen LogP contribution in [0, 0.1) is 0 Å². The van der Waals surface area contributed by atoms with Gasteiger partial charge in [-0.3, -0.25) is 15.0 Å². The molecule has 0 aromatic carbocycles. The van der Waals surface area contributed by atoms with Gasteiger partial charge in [-0.1, -0.05) is 18.2 Å². The Morgan fingerprint density at radius 1 is 0.714 bits per heavy atom. The summed E-state index contributed by atoms with van der Waals surface area (Å²) in [6.45, 7) is -0.0872. The van der Waals surface area contributed by atoms with Crippen molar-refractivity contribution in [3.8, 4) is 0 Å². The van der Waals surface area contributed by atoms with Gasteiger partial charge in [-0.25, -0.2) is 0 Å². The van der Waals surface area contributed by atoms with E-state index in [-0.39, 0.29) is 6.61 Å². The molecule has 0 fully saturated rings. The van der Waals surface area contributed by atoms with Crippen LogP contribution in [-0.2, 0) is 5.41 Å². The van der Waals surface area contributed by atoms with E-state index in [1.807, 2.05) is 36.4 Å². The lowest BCUT2D eigenvalue weighted by Gasteiger charge is -2.32. The fraction of sp³-hybridized carbons (Fsp3) is 0.118. The summed E-state index contributed by atoms with van der Waals surface area (Å²) in [6, 6.07) is 11.5. The van der Waals surface area contributed by atoms with Crippen LogP contribution in [0.5, 0.6) is 0 Å². The molecule has 0 aliphatic heterocycles. The molecule has 0 radical (unpaired) electrons. The van der Waals surface area contributed by atoms with Gasteiger partial charge in [-0.15, -0.1) is 0 Å². The molecule has 0 spiro atoms. The van der Waals surface area contributed by atoms with E-state index in [0.29, 0.717) is 0 Å². The molecule has 0 saturated carbocycles. The van der Waals surface area contributed by atoms with Crippen LogP contribution in [0.1, 0.15) is 16.7 Å². The highest BCUT2D eigenvalue weighted by Gasteiger charge is 2.36. The van der Waals surface area contributed by atoms with E-state index in [1.54, 1.807) is 37.2 Å². The standard InChI is InChI=1S/C17H15N3O/c21-13-17(14-4-1-7-18-10-14,15-5-2-8-19-11-15)16-6-3-9-20-12-16/h1-12,21H,13H2. The highest BCUT2D eigenvalue weighted by molar-refractivity contribution is 5.48. The Balaban J connectivity index is 2.29. The highest BCUT2D eigenvalue weighted by atomic mass is 16.3. The van der Waals surface area contributed by atoms with E-state index in [4.69, 9.17) is 0 Å². The van der Waals surface area contributed by atoms with Crippen LogP contribution >= 0.6 is 0 Å². The summed E-state index contributed by atoms with van der Waals surface area (Å²) in [4.78, 5) is 12.6. The average Bonchev–Trinajstić information content (AvgIpc) is 2.59. The maximum absolute atomic E-state index is 10.3. The van der Waals surface area contributed by atoms with Crippen LogP contribution in [0.2, 0.25) is 0 Å². The number of hydrogen-bond acceptors (Lipinski definition) is 4. The molecule has 0 aliphatic rings. The van der Waals surface area contributed by atoms with Gasteiger partial charge in [0.15, 0.2) is 0 Å². The van der Waals surface area contributed by atoms with Gasteiger partial charge in [0.25, 0.3) is 0 Å². The van der Waals surface area contributed by atoms with E-state index in [1.165, 1.54) is 0 Å². The monoisotopic (exact) mass is 277 g/mol. The minimum atomic E-state index is -0.712. The van der Waals surface area contributed by atoms with Crippen molar-refractivity contribution in [2.75, 3.05) is 6.61 Å². The van der Waals surface area contributed by atoms with Crippen molar-refractivity contribution in [3.05, 3.63) is 90.3 Å². The normalized spacial score (nSPS) is 11.3. The maximum Gasteiger partial charge on any atom is 0.0726 e. The van der Waals surface area contributed by atoms with Crippen LogP contribution < -0.4 is 0 Å². The Hall–Kier alpha value is -2.59. The third-order valence-electron chi connectivity index (χ3n) is 3.70. The maximum atomic E-state index is 10.3. The van der Waals surface area contributed by atoms with Crippen LogP contribution in [0.3, 0.4) is 0 Å². The Kier molecular flexibility index (Phi) is 3.71. The Morgan fingerprint density at radius 2 is 1.10 bits per heavy atom. The Labute approximate surface area is 123 Å². The largest absolute Gasteiger partial charge is 0.395 e. The number of aromatic nitrogens is 3. The average molecular weight is 277 g/mol. The first-order valence-corrected chi connectivity index (χ1v) is 6.70. The lowest BCUT2D eigenvalue weighted by molar-refractivity contribution is 0.242. The first-order valence-electron chi connectivity index (χ1n) is 6.70. The second kappa shape index (κ2) is 5.81. The van der Waals surface area contributed by atoms with Crippen molar-refractivity contribution >= 4 is 0 Å². The van der Waals surface area contributed by atoms with Gasteiger partial charge in [0, 0.05) is 37.2 Å². The van der Waals surface area contributed by atoms with Crippen molar-refractivity contribution in [2.24, 2.45) is 0 Å². The molecule has 3 aromatic heterocycles. The molecular weight excluding hydrogens is 262 g/mol. The second-order valence-corrected chi connectivity index (χ2v) is 4.79. The molecule has 104 valence electrons. The summed E-state index contributed by atoms with van der Waals surface area (Å²) in [7, 11) is 0. The topological polar surface area (TPSA) is 58.9 Å². The van der Waals surface area contributed by atoms with Crippen molar-refractivity contribution in [1.82, 2.24) is 15.0 Å². The SMILES string of the molecule is OCC(c1cccnc1)(c1cccnc1)c1cccnc1. The van der Waals surface area contributed by atoms with Crippen LogP contribution in [0.15, 0.2) is 73.6 Å². The quantitative estimate of drug-likeness (QED) is 0.794. The third kappa shape index (κ3) is 2.30. The van der Waals surface area contributed by atoms with E-state index in [9.17, 15) is 5.11 Å². The molecule has 4 nitrogen and oxygen atoms in total. The van der Waals surface area contributed by atoms with Gasteiger partial charge in [0.1, 0.15) is 0 Å². The lowest BCUT2D eigenvalue weighted by atomic mass is 9.71. The molecule has 0 amide bonds. The van der Waals surface area contributed by atoms with Crippen molar-refractivity contribution < 1.29 is 5.11 Å². The molecule has 3 heterocycles. The molecule has 1 N–H and O–H groups in total. The van der Waals surface area contributed by atoms with Gasteiger partial charge < -0.3 is 5.11 Å². The minimum absolute atomic E-state index is 0.0872. The predicted octanol–water partition coefficient (Wildman–Crippen LogP) is 2.20. The second-order valence-electron chi connectivity index (χ2n) is 4.79. The molecule has 0 aliphatic carbocycles. The number of rotatable bonds is 4. The van der Waals surface area contributed by atoms with Gasteiger partial charge in [-0.2, -0.15) is 0 Å². The summed E-state index contributed by atoms with van der Waals surface area (Å²) < 4.78 is 0. The number of aliphatic hydroxyl groups is 1. The van der Waals surface area contributed by atoms with Crippen molar-refractivity contribution in [1.29, 1.82) is 0 Å². The zero-order chi connectivity index (χ0) is 14.5. The lowest BCUT2D eigenvalue weighted by Crippen LogP contribution is -2.34. The molecular formula is C17H15N3O. The summed E-state index contributed by atoms with van der Waals surface area (Å²) in [5.74, 6) is 0. The van der Waals surface area contributed by atoms with Gasteiger partial charge in [0.05, 0.1) is 12.0 Å². The summed E-state index contributed by atoms with van der Waals surface area (Å²) in [5.41, 5.74) is 2.02. The first kappa shape index (κ1) is 13.4. The summed E-state index contributed by atoms with van der Waals surface area (Å²) in [5, 5.41) is 10.3. The zero-order valence-corrected chi connectivity index (χ0v) is 11.4.